The summed E-state index contributed by atoms with van der Waals surface area (Å²) >= 11 is 0. The van der Waals surface area contributed by atoms with E-state index in [-0.39, 0.29) is 11.8 Å². The van der Waals surface area contributed by atoms with Gasteiger partial charge in [0, 0.05) is 5.56 Å². The maximum atomic E-state index is 11.9. The van der Waals surface area contributed by atoms with Crippen LogP contribution in [0.2, 0.25) is 0 Å². The molecule has 94 valence electrons. The van der Waals surface area contributed by atoms with Crippen LogP contribution in [-0.4, -0.2) is 17.9 Å². The van der Waals surface area contributed by atoms with E-state index in [4.69, 9.17) is 11.0 Å². The van der Waals surface area contributed by atoms with Gasteiger partial charge >= 0.3 is 0 Å². The van der Waals surface area contributed by atoms with Crippen LogP contribution in [0.1, 0.15) is 29.8 Å². The molecule has 1 aromatic carbocycles. The van der Waals surface area contributed by atoms with Gasteiger partial charge in [-0.05, 0) is 30.2 Å². The molecule has 0 bridgehead atoms. The molecule has 0 aliphatic heterocycles. The molecular formula is C13H15N3O2. The molecule has 5 nitrogen and oxygen atoms in total. The van der Waals surface area contributed by atoms with Crippen molar-refractivity contribution in [1.29, 1.82) is 5.26 Å². The molecule has 1 rings (SSSR count). The van der Waals surface area contributed by atoms with Crippen molar-refractivity contribution in [3.63, 3.8) is 0 Å². The third kappa shape index (κ3) is 3.32. The van der Waals surface area contributed by atoms with Gasteiger partial charge in [0.25, 0.3) is 5.91 Å². The number of hydrogen-bond donors (Lipinski definition) is 2. The molecule has 0 heterocycles. The van der Waals surface area contributed by atoms with Gasteiger partial charge in [0.2, 0.25) is 5.91 Å². The number of rotatable bonds is 4. The average molecular weight is 245 g/mol. The summed E-state index contributed by atoms with van der Waals surface area (Å²) in [5, 5.41) is 11.2. The lowest BCUT2D eigenvalue weighted by molar-refractivity contribution is -0.120. The van der Waals surface area contributed by atoms with Gasteiger partial charge in [0.05, 0.1) is 11.6 Å². The summed E-state index contributed by atoms with van der Waals surface area (Å²) in [6, 6.07) is 7.42. The van der Waals surface area contributed by atoms with Crippen molar-refractivity contribution in [1.82, 2.24) is 5.32 Å². The monoisotopic (exact) mass is 245 g/mol. The zero-order valence-corrected chi connectivity index (χ0v) is 10.3. The van der Waals surface area contributed by atoms with Crippen molar-refractivity contribution >= 4 is 11.8 Å². The van der Waals surface area contributed by atoms with Crippen molar-refractivity contribution in [2.24, 2.45) is 11.7 Å². The van der Waals surface area contributed by atoms with E-state index in [0.29, 0.717) is 11.1 Å². The molecule has 0 aliphatic carbocycles. The highest BCUT2D eigenvalue weighted by Gasteiger charge is 2.22. The summed E-state index contributed by atoms with van der Waals surface area (Å²) in [4.78, 5) is 23.0. The lowest BCUT2D eigenvalue weighted by Crippen LogP contribution is -2.47. The van der Waals surface area contributed by atoms with Crippen LogP contribution in [0.4, 0.5) is 0 Å². The molecule has 5 heteroatoms. The van der Waals surface area contributed by atoms with E-state index in [1.54, 1.807) is 26.0 Å². The summed E-state index contributed by atoms with van der Waals surface area (Å²) in [6.45, 7) is 3.60. The largest absolute Gasteiger partial charge is 0.368 e. The number of amides is 2. The zero-order valence-electron chi connectivity index (χ0n) is 10.3. The maximum absolute atomic E-state index is 11.9. The van der Waals surface area contributed by atoms with Crippen LogP contribution in [0.3, 0.4) is 0 Å². The fourth-order valence-corrected chi connectivity index (χ4v) is 1.49. The van der Waals surface area contributed by atoms with Crippen molar-refractivity contribution in [2.45, 2.75) is 19.9 Å². The standard InChI is InChI=1S/C13H15N3O2/c1-8(2)11(12(15)17)16-13(18)10-5-3-9(7-14)4-6-10/h3-6,8,11H,1-2H3,(H2,15,17)(H,16,18)/t11-/m1/s1. The fraction of sp³-hybridized carbons (Fsp3) is 0.308. The van der Waals surface area contributed by atoms with Crippen LogP contribution in [0.5, 0.6) is 0 Å². The number of carbonyl (C=O) groups excluding carboxylic acids is 2. The molecule has 0 aliphatic rings. The Morgan fingerprint density at radius 3 is 2.22 bits per heavy atom. The summed E-state index contributed by atoms with van der Waals surface area (Å²) in [6.07, 6.45) is 0. The lowest BCUT2D eigenvalue weighted by atomic mass is 10.0. The molecule has 0 saturated heterocycles. The Balaban J connectivity index is 2.81. The van der Waals surface area contributed by atoms with Crippen LogP contribution in [-0.2, 0) is 4.79 Å². The van der Waals surface area contributed by atoms with E-state index in [2.05, 4.69) is 5.32 Å². The minimum atomic E-state index is -0.701. The SMILES string of the molecule is CC(C)[C@@H](NC(=O)c1ccc(C#N)cc1)C(N)=O. The number of nitrogens with zero attached hydrogens (tertiary/aromatic N) is 1. The second kappa shape index (κ2) is 5.82. The molecule has 0 unspecified atom stereocenters. The van der Waals surface area contributed by atoms with Gasteiger partial charge in [-0.2, -0.15) is 5.26 Å². The highest BCUT2D eigenvalue weighted by Crippen LogP contribution is 2.06. The number of primary amides is 1. The van der Waals surface area contributed by atoms with Gasteiger partial charge in [-0.3, -0.25) is 9.59 Å². The van der Waals surface area contributed by atoms with Crippen LogP contribution >= 0.6 is 0 Å². The quantitative estimate of drug-likeness (QED) is 0.821. The van der Waals surface area contributed by atoms with Crippen LogP contribution in [0.15, 0.2) is 24.3 Å². The molecule has 0 fully saturated rings. The van der Waals surface area contributed by atoms with Gasteiger partial charge in [-0.1, -0.05) is 13.8 Å². The minimum Gasteiger partial charge on any atom is -0.368 e. The Labute approximate surface area is 106 Å². The predicted molar refractivity (Wildman–Crippen MR) is 66.4 cm³/mol. The summed E-state index contributed by atoms with van der Waals surface area (Å²) in [7, 11) is 0. The van der Waals surface area contributed by atoms with Gasteiger partial charge in [0.15, 0.2) is 0 Å². The highest BCUT2D eigenvalue weighted by molar-refractivity contribution is 5.97. The number of nitrogens with two attached hydrogens (primary N) is 1. The van der Waals surface area contributed by atoms with E-state index in [1.807, 2.05) is 6.07 Å². The summed E-state index contributed by atoms with van der Waals surface area (Å²) in [5.74, 6) is -1.02. The van der Waals surface area contributed by atoms with E-state index < -0.39 is 11.9 Å². The number of nitrogens with one attached hydrogen (secondary N) is 1. The Hall–Kier alpha value is -2.35. The molecule has 0 aromatic heterocycles. The molecule has 0 saturated carbocycles. The Bertz CT molecular complexity index is 486. The molecule has 0 spiro atoms. The average Bonchev–Trinajstić information content (AvgIpc) is 2.35. The van der Waals surface area contributed by atoms with Crippen LogP contribution < -0.4 is 11.1 Å². The smallest absolute Gasteiger partial charge is 0.251 e. The molecule has 18 heavy (non-hydrogen) atoms. The van der Waals surface area contributed by atoms with Gasteiger partial charge < -0.3 is 11.1 Å². The number of hydrogen-bond acceptors (Lipinski definition) is 3. The maximum Gasteiger partial charge on any atom is 0.251 e. The Morgan fingerprint density at radius 1 is 1.28 bits per heavy atom. The molecular weight excluding hydrogens is 230 g/mol. The normalized spacial score (nSPS) is 11.7. The second-order valence-electron chi connectivity index (χ2n) is 4.29. The third-order valence-electron chi connectivity index (χ3n) is 2.54. The molecule has 1 aromatic rings. The van der Waals surface area contributed by atoms with Crippen molar-refractivity contribution < 1.29 is 9.59 Å². The first-order valence-corrected chi connectivity index (χ1v) is 5.56. The van der Waals surface area contributed by atoms with E-state index >= 15 is 0 Å². The topological polar surface area (TPSA) is 96.0 Å². The molecule has 3 N–H and O–H groups in total. The number of nitriles is 1. The van der Waals surface area contributed by atoms with Gasteiger partial charge in [0.1, 0.15) is 6.04 Å². The van der Waals surface area contributed by atoms with Gasteiger partial charge in [-0.15, -0.1) is 0 Å². The third-order valence-corrected chi connectivity index (χ3v) is 2.54. The van der Waals surface area contributed by atoms with E-state index in [1.165, 1.54) is 12.1 Å². The summed E-state index contributed by atoms with van der Waals surface area (Å²) < 4.78 is 0. The molecule has 2 amide bonds. The predicted octanol–water partition coefficient (Wildman–Crippen LogP) is 0.798. The molecule has 1 atom stereocenters. The lowest BCUT2D eigenvalue weighted by Gasteiger charge is -2.18. The van der Waals surface area contributed by atoms with Crippen molar-refractivity contribution in [3.05, 3.63) is 35.4 Å². The summed E-state index contributed by atoms with van der Waals surface area (Å²) in [5.41, 5.74) is 6.08. The van der Waals surface area contributed by atoms with Crippen LogP contribution in [0.25, 0.3) is 0 Å². The zero-order chi connectivity index (χ0) is 13.7. The fourth-order valence-electron chi connectivity index (χ4n) is 1.49. The van der Waals surface area contributed by atoms with E-state index in [0.717, 1.165) is 0 Å². The Morgan fingerprint density at radius 2 is 1.83 bits per heavy atom. The van der Waals surface area contributed by atoms with Gasteiger partial charge in [-0.25, -0.2) is 0 Å². The highest BCUT2D eigenvalue weighted by atomic mass is 16.2. The van der Waals surface area contributed by atoms with Crippen molar-refractivity contribution in [2.75, 3.05) is 0 Å². The van der Waals surface area contributed by atoms with Crippen molar-refractivity contribution in [3.8, 4) is 6.07 Å². The number of benzene rings is 1. The minimum absolute atomic E-state index is 0.0789. The second-order valence-corrected chi connectivity index (χ2v) is 4.29. The first-order chi connectivity index (χ1) is 8.45. The Kier molecular flexibility index (Phi) is 4.44. The van der Waals surface area contributed by atoms with Crippen LogP contribution in [0, 0.1) is 17.2 Å². The molecule has 0 radical (unpaired) electrons. The first-order valence-electron chi connectivity index (χ1n) is 5.56. The first kappa shape index (κ1) is 13.7. The number of carbonyl (C=O) groups is 2. The van der Waals surface area contributed by atoms with E-state index in [9.17, 15) is 9.59 Å².